The van der Waals surface area contributed by atoms with Crippen LogP contribution < -0.4 is 11.1 Å². The Labute approximate surface area is 110 Å². The van der Waals surface area contributed by atoms with Crippen molar-refractivity contribution in [2.75, 3.05) is 20.3 Å². The van der Waals surface area contributed by atoms with Crippen molar-refractivity contribution in [2.24, 2.45) is 5.73 Å². The Morgan fingerprint density at radius 3 is 2.79 bits per heavy atom. The second kappa shape index (κ2) is 7.81. The maximum Gasteiger partial charge on any atom is 0.224 e. The summed E-state index contributed by atoms with van der Waals surface area (Å²) in [6.45, 7) is 0.853. The van der Waals surface area contributed by atoms with Crippen LogP contribution in [0.25, 0.3) is 0 Å². The molecule has 0 aliphatic rings. The molecule has 4 nitrogen and oxygen atoms in total. The smallest absolute Gasteiger partial charge is 0.224 e. The fourth-order valence-electron chi connectivity index (χ4n) is 1.59. The first-order chi connectivity index (χ1) is 9.02. The molecular formula is C13H18F2N2O2. The van der Waals surface area contributed by atoms with Gasteiger partial charge in [0.1, 0.15) is 0 Å². The van der Waals surface area contributed by atoms with E-state index in [1.807, 2.05) is 0 Å². The summed E-state index contributed by atoms with van der Waals surface area (Å²) in [7, 11) is 1.56. The minimum absolute atomic E-state index is 0.0106. The molecule has 0 radical (unpaired) electrons. The van der Waals surface area contributed by atoms with Gasteiger partial charge in [0.25, 0.3) is 0 Å². The fraction of sp³-hybridized carbons (Fsp3) is 0.462. The lowest BCUT2D eigenvalue weighted by Crippen LogP contribution is -2.33. The highest BCUT2D eigenvalue weighted by Gasteiger charge is 2.08. The molecule has 1 rings (SSSR count). The molecule has 0 aliphatic heterocycles. The summed E-state index contributed by atoms with van der Waals surface area (Å²) >= 11 is 0. The molecule has 0 bridgehead atoms. The van der Waals surface area contributed by atoms with Crippen LogP contribution in [0.15, 0.2) is 18.2 Å². The predicted octanol–water partition coefficient (Wildman–Crippen LogP) is 0.987. The van der Waals surface area contributed by atoms with Crippen molar-refractivity contribution in [3.63, 3.8) is 0 Å². The number of nitrogens with two attached hydrogens (primary N) is 1. The lowest BCUT2D eigenvalue weighted by molar-refractivity contribution is -0.120. The van der Waals surface area contributed by atoms with Crippen LogP contribution in [0.2, 0.25) is 0 Å². The van der Waals surface area contributed by atoms with Crippen molar-refractivity contribution in [3.8, 4) is 0 Å². The molecule has 0 saturated carbocycles. The van der Waals surface area contributed by atoms with Gasteiger partial charge in [-0.25, -0.2) is 8.78 Å². The third-order valence-electron chi connectivity index (χ3n) is 2.57. The van der Waals surface area contributed by atoms with Crippen LogP contribution in [0, 0.1) is 11.6 Å². The second-order valence-corrected chi connectivity index (χ2v) is 4.28. The van der Waals surface area contributed by atoms with Gasteiger partial charge in [0.15, 0.2) is 11.6 Å². The standard InChI is InChI=1S/C13H18F2N2O2/c1-19-8-10(16)4-5-17-13(18)7-9-2-3-11(14)12(15)6-9/h2-3,6,10H,4-5,7-8,16H2,1H3,(H,17,18). The Balaban J connectivity index is 2.33. The number of carbonyl (C=O) groups excluding carboxylic acids is 1. The summed E-state index contributed by atoms with van der Waals surface area (Å²) in [6, 6.07) is 3.28. The number of benzene rings is 1. The first kappa shape index (κ1) is 15.5. The van der Waals surface area contributed by atoms with Crippen LogP contribution in [0.3, 0.4) is 0 Å². The van der Waals surface area contributed by atoms with Crippen LogP contribution in [0.5, 0.6) is 0 Å². The van der Waals surface area contributed by atoms with Gasteiger partial charge in [-0.2, -0.15) is 0 Å². The Kier molecular flexibility index (Phi) is 6.38. The molecule has 3 N–H and O–H groups in total. The molecule has 0 spiro atoms. The number of methoxy groups -OCH3 is 1. The van der Waals surface area contributed by atoms with Crippen LogP contribution in [-0.4, -0.2) is 32.2 Å². The van der Waals surface area contributed by atoms with E-state index in [4.69, 9.17) is 10.5 Å². The van der Waals surface area contributed by atoms with E-state index in [9.17, 15) is 13.6 Å². The number of carbonyl (C=O) groups is 1. The number of halogens is 2. The highest BCUT2D eigenvalue weighted by Crippen LogP contribution is 2.09. The first-order valence-corrected chi connectivity index (χ1v) is 5.98. The van der Waals surface area contributed by atoms with Crippen molar-refractivity contribution in [1.29, 1.82) is 0 Å². The molecule has 6 heteroatoms. The van der Waals surface area contributed by atoms with E-state index in [2.05, 4.69) is 5.32 Å². The predicted molar refractivity (Wildman–Crippen MR) is 67.5 cm³/mol. The molecule has 1 aromatic carbocycles. The molecule has 0 aliphatic carbocycles. The zero-order valence-electron chi connectivity index (χ0n) is 10.8. The summed E-state index contributed by atoms with van der Waals surface area (Å²) in [5, 5.41) is 2.66. The normalized spacial score (nSPS) is 12.2. The maximum atomic E-state index is 12.9. The Hall–Kier alpha value is -1.53. The first-order valence-electron chi connectivity index (χ1n) is 5.98. The van der Waals surface area contributed by atoms with Gasteiger partial charge in [-0.1, -0.05) is 6.07 Å². The molecule has 0 aromatic heterocycles. The molecule has 1 amide bonds. The van der Waals surface area contributed by atoms with E-state index in [-0.39, 0.29) is 18.4 Å². The van der Waals surface area contributed by atoms with E-state index in [1.54, 1.807) is 7.11 Å². The van der Waals surface area contributed by atoms with Gasteiger partial charge in [0, 0.05) is 19.7 Å². The molecular weight excluding hydrogens is 254 g/mol. The number of ether oxygens (including phenoxy) is 1. The summed E-state index contributed by atoms with van der Waals surface area (Å²) in [5.74, 6) is -2.13. The van der Waals surface area contributed by atoms with Crippen molar-refractivity contribution >= 4 is 5.91 Å². The van der Waals surface area contributed by atoms with Crippen LogP contribution in [0.1, 0.15) is 12.0 Å². The second-order valence-electron chi connectivity index (χ2n) is 4.28. The molecule has 19 heavy (non-hydrogen) atoms. The fourth-order valence-corrected chi connectivity index (χ4v) is 1.59. The van der Waals surface area contributed by atoms with Gasteiger partial charge in [0.05, 0.1) is 13.0 Å². The summed E-state index contributed by atoms with van der Waals surface area (Å²) in [6.07, 6.45) is 0.605. The third-order valence-corrected chi connectivity index (χ3v) is 2.57. The lowest BCUT2D eigenvalue weighted by atomic mass is 10.1. The van der Waals surface area contributed by atoms with E-state index < -0.39 is 11.6 Å². The molecule has 0 fully saturated rings. The number of amides is 1. The van der Waals surface area contributed by atoms with Gasteiger partial charge in [-0.05, 0) is 24.1 Å². The monoisotopic (exact) mass is 272 g/mol. The Morgan fingerprint density at radius 2 is 2.16 bits per heavy atom. The largest absolute Gasteiger partial charge is 0.383 e. The Bertz CT molecular complexity index is 427. The molecule has 0 saturated heterocycles. The number of rotatable bonds is 7. The highest BCUT2D eigenvalue weighted by atomic mass is 19.2. The molecule has 1 atom stereocenters. The lowest BCUT2D eigenvalue weighted by Gasteiger charge is -2.11. The van der Waals surface area contributed by atoms with Crippen LogP contribution >= 0.6 is 0 Å². The average Bonchev–Trinajstić information content (AvgIpc) is 2.34. The Morgan fingerprint density at radius 1 is 1.42 bits per heavy atom. The molecule has 1 aromatic rings. The SMILES string of the molecule is COCC(N)CCNC(=O)Cc1ccc(F)c(F)c1. The van der Waals surface area contributed by atoms with Crippen molar-refractivity contribution in [2.45, 2.75) is 18.9 Å². The molecule has 106 valence electrons. The minimum atomic E-state index is -0.951. The quantitative estimate of drug-likeness (QED) is 0.778. The van der Waals surface area contributed by atoms with Gasteiger partial charge < -0.3 is 15.8 Å². The average molecular weight is 272 g/mol. The highest BCUT2D eigenvalue weighted by molar-refractivity contribution is 5.78. The van der Waals surface area contributed by atoms with Gasteiger partial charge >= 0.3 is 0 Å². The maximum absolute atomic E-state index is 12.9. The van der Waals surface area contributed by atoms with Crippen LogP contribution in [-0.2, 0) is 16.0 Å². The van der Waals surface area contributed by atoms with Gasteiger partial charge in [-0.3, -0.25) is 4.79 Å². The topological polar surface area (TPSA) is 64.3 Å². The minimum Gasteiger partial charge on any atom is -0.383 e. The van der Waals surface area contributed by atoms with Crippen molar-refractivity contribution in [3.05, 3.63) is 35.4 Å². The van der Waals surface area contributed by atoms with E-state index in [0.717, 1.165) is 12.1 Å². The van der Waals surface area contributed by atoms with Crippen molar-refractivity contribution in [1.82, 2.24) is 5.32 Å². The number of hydrogen-bond acceptors (Lipinski definition) is 3. The van der Waals surface area contributed by atoms with E-state index in [0.29, 0.717) is 25.1 Å². The summed E-state index contributed by atoms with van der Waals surface area (Å²) < 4.78 is 30.5. The van der Waals surface area contributed by atoms with Gasteiger partial charge in [-0.15, -0.1) is 0 Å². The van der Waals surface area contributed by atoms with Gasteiger partial charge in [0.2, 0.25) is 5.91 Å². The number of hydrogen-bond donors (Lipinski definition) is 2. The molecule has 0 heterocycles. The summed E-state index contributed by atoms with van der Waals surface area (Å²) in [5.41, 5.74) is 6.12. The van der Waals surface area contributed by atoms with E-state index in [1.165, 1.54) is 6.07 Å². The zero-order valence-corrected chi connectivity index (χ0v) is 10.8. The zero-order chi connectivity index (χ0) is 14.3. The molecule has 1 unspecified atom stereocenters. The van der Waals surface area contributed by atoms with E-state index >= 15 is 0 Å². The number of nitrogens with one attached hydrogen (secondary N) is 1. The third kappa shape index (κ3) is 5.76. The summed E-state index contributed by atoms with van der Waals surface area (Å²) in [4.78, 5) is 11.5. The van der Waals surface area contributed by atoms with Crippen LogP contribution in [0.4, 0.5) is 8.78 Å². The van der Waals surface area contributed by atoms with Crippen molar-refractivity contribution < 1.29 is 18.3 Å².